The summed E-state index contributed by atoms with van der Waals surface area (Å²) >= 11 is 12.3. The Hall–Kier alpha value is -2.57. The Morgan fingerprint density at radius 1 is 1.24 bits per heavy atom. The smallest absolute Gasteiger partial charge is 0.246 e. The van der Waals surface area contributed by atoms with Crippen molar-refractivity contribution in [2.24, 2.45) is 5.92 Å². The Morgan fingerprint density at radius 2 is 2.00 bits per heavy atom. The van der Waals surface area contributed by atoms with Gasteiger partial charge in [-0.25, -0.2) is 0 Å². The van der Waals surface area contributed by atoms with E-state index in [-0.39, 0.29) is 24.4 Å². The minimum atomic E-state index is -0.0721. The van der Waals surface area contributed by atoms with E-state index in [1.807, 2.05) is 4.90 Å². The Kier molecular flexibility index (Phi) is 7.79. The fourth-order valence-corrected chi connectivity index (χ4v) is 4.81. The van der Waals surface area contributed by atoms with E-state index in [1.54, 1.807) is 18.2 Å². The van der Waals surface area contributed by atoms with Gasteiger partial charge in [-0.3, -0.25) is 4.79 Å². The average molecular weight is 501 g/mol. The molecule has 2 atom stereocenters. The number of piperidine rings is 1. The lowest BCUT2D eigenvalue weighted by Gasteiger charge is -2.37. The molecule has 0 unspecified atom stereocenters. The van der Waals surface area contributed by atoms with Crippen molar-refractivity contribution >= 4 is 34.8 Å². The molecule has 0 saturated carbocycles. The van der Waals surface area contributed by atoms with Crippen LogP contribution >= 0.6 is 23.2 Å². The van der Waals surface area contributed by atoms with E-state index in [0.717, 1.165) is 25.8 Å². The van der Waals surface area contributed by atoms with Gasteiger partial charge in [-0.2, -0.15) is 4.98 Å². The number of carbonyl (C=O) groups excluding carboxylic acids is 1. The molecule has 1 saturated heterocycles. The second-order valence-corrected chi connectivity index (χ2v) is 9.82. The van der Waals surface area contributed by atoms with E-state index in [2.05, 4.69) is 60.1 Å². The van der Waals surface area contributed by atoms with E-state index >= 15 is 0 Å². The lowest BCUT2D eigenvalue weighted by Crippen LogP contribution is -2.47. The number of hydrogen-bond donors (Lipinski definition) is 0. The third-order valence-electron chi connectivity index (χ3n) is 6.52. The van der Waals surface area contributed by atoms with Crippen LogP contribution < -0.4 is 4.90 Å². The van der Waals surface area contributed by atoms with E-state index in [4.69, 9.17) is 27.7 Å². The fraction of sp³-hybridized carbons (Fsp3) is 0.423. The van der Waals surface area contributed by atoms with Gasteiger partial charge in [-0.05, 0) is 63.4 Å². The number of amides is 1. The average Bonchev–Trinajstić information content (AvgIpc) is 3.30. The van der Waals surface area contributed by atoms with Crippen LogP contribution in [-0.2, 0) is 11.3 Å². The molecule has 34 heavy (non-hydrogen) atoms. The van der Waals surface area contributed by atoms with Gasteiger partial charge in [0.15, 0.2) is 0 Å². The molecule has 0 spiro atoms. The van der Waals surface area contributed by atoms with Gasteiger partial charge in [-0.15, -0.1) is 0 Å². The first-order valence-electron chi connectivity index (χ1n) is 11.8. The zero-order valence-corrected chi connectivity index (χ0v) is 21.3. The van der Waals surface area contributed by atoms with E-state index in [1.165, 1.54) is 11.3 Å². The Labute approximate surface area is 210 Å². The summed E-state index contributed by atoms with van der Waals surface area (Å²) in [5, 5.41) is 5.08. The molecule has 1 aliphatic heterocycles. The highest BCUT2D eigenvalue weighted by molar-refractivity contribution is 6.36. The van der Waals surface area contributed by atoms with Crippen molar-refractivity contribution in [3.63, 3.8) is 0 Å². The molecule has 2 aromatic carbocycles. The maximum atomic E-state index is 13.7. The van der Waals surface area contributed by atoms with Crippen LogP contribution in [0.25, 0.3) is 11.4 Å². The number of anilines is 1. The number of nitrogens with zero attached hydrogens (tertiary/aromatic N) is 4. The molecular weight excluding hydrogens is 471 g/mol. The van der Waals surface area contributed by atoms with Gasteiger partial charge >= 0.3 is 0 Å². The van der Waals surface area contributed by atoms with E-state index in [9.17, 15) is 4.79 Å². The molecule has 1 amide bonds. The summed E-state index contributed by atoms with van der Waals surface area (Å²) in [5.74, 6) is 0.838. The van der Waals surface area contributed by atoms with Gasteiger partial charge < -0.3 is 14.3 Å². The number of halogens is 2. The summed E-state index contributed by atoms with van der Waals surface area (Å²) in [6.45, 7) is 8.17. The van der Waals surface area contributed by atoms with Gasteiger partial charge in [-0.1, -0.05) is 53.0 Å². The molecule has 3 aromatic rings. The molecule has 8 heteroatoms. The molecular formula is C26H30Cl2N4O2. The first-order chi connectivity index (χ1) is 16.4. The summed E-state index contributed by atoms with van der Waals surface area (Å²) in [6, 6.07) is 13.7. The van der Waals surface area contributed by atoms with Crippen molar-refractivity contribution in [3.8, 4) is 11.4 Å². The Balaban J connectivity index is 1.50. The topological polar surface area (TPSA) is 62.5 Å². The third-order valence-corrected chi connectivity index (χ3v) is 7.07. The zero-order chi connectivity index (χ0) is 24.2. The molecule has 1 aromatic heterocycles. The predicted octanol–water partition coefficient (Wildman–Crippen LogP) is 6.40. The number of carbonyl (C=O) groups is 1. The molecule has 1 aliphatic rings. The van der Waals surface area contributed by atoms with Crippen molar-refractivity contribution in [2.45, 2.75) is 52.6 Å². The Bertz CT molecular complexity index is 1130. The lowest BCUT2D eigenvalue weighted by atomic mass is 9.95. The number of rotatable bonds is 7. The Morgan fingerprint density at radius 3 is 2.71 bits per heavy atom. The monoisotopic (exact) mass is 500 g/mol. The molecule has 0 N–H and O–H groups in total. The molecule has 1 fully saturated rings. The minimum Gasteiger partial charge on any atom is -0.371 e. The van der Waals surface area contributed by atoms with Gasteiger partial charge in [0.1, 0.15) is 6.54 Å². The molecule has 6 nitrogen and oxygen atoms in total. The zero-order valence-electron chi connectivity index (χ0n) is 19.8. The maximum Gasteiger partial charge on any atom is 0.246 e. The first-order valence-corrected chi connectivity index (χ1v) is 12.5. The van der Waals surface area contributed by atoms with Gasteiger partial charge in [0.05, 0.1) is 10.9 Å². The lowest BCUT2D eigenvalue weighted by molar-refractivity contribution is -0.139. The number of benzene rings is 2. The minimum absolute atomic E-state index is 0.0525. The number of aryl methyl sites for hydroxylation is 1. The van der Waals surface area contributed by atoms with Crippen LogP contribution in [0.5, 0.6) is 0 Å². The second kappa shape index (κ2) is 10.8. The van der Waals surface area contributed by atoms with Crippen molar-refractivity contribution in [1.29, 1.82) is 0 Å². The van der Waals surface area contributed by atoms with Gasteiger partial charge in [0, 0.05) is 35.4 Å². The quantitative estimate of drug-likeness (QED) is 0.375. The van der Waals surface area contributed by atoms with Crippen LogP contribution in [0.4, 0.5) is 5.69 Å². The van der Waals surface area contributed by atoms with Crippen LogP contribution in [0.3, 0.4) is 0 Å². The third kappa shape index (κ3) is 5.56. The summed E-state index contributed by atoms with van der Waals surface area (Å²) < 4.78 is 5.51. The maximum absolute atomic E-state index is 13.7. The SMILES string of the molecule is CC[C@H](C)N(Cc1nc(-c2ccc(Cl)cc2Cl)no1)C(=O)[C@H]1CCCN(c2ccc(C)cc2)C1. The number of hydrogen-bond acceptors (Lipinski definition) is 5. The largest absolute Gasteiger partial charge is 0.371 e. The van der Waals surface area contributed by atoms with Crippen molar-refractivity contribution in [3.05, 3.63) is 64.0 Å². The highest BCUT2D eigenvalue weighted by atomic mass is 35.5. The number of aromatic nitrogens is 2. The summed E-state index contributed by atoms with van der Waals surface area (Å²) in [4.78, 5) is 22.4. The molecule has 180 valence electrons. The van der Waals surface area contributed by atoms with Crippen LogP contribution in [0.15, 0.2) is 47.0 Å². The summed E-state index contributed by atoms with van der Waals surface area (Å²) in [7, 11) is 0. The highest BCUT2D eigenvalue weighted by Gasteiger charge is 2.32. The van der Waals surface area contributed by atoms with E-state index < -0.39 is 0 Å². The summed E-state index contributed by atoms with van der Waals surface area (Å²) in [6.07, 6.45) is 2.70. The van der Waals surface area contributed by atoms with Crippen molar-refractivity contribution in [2.75, 3.05) is 18.0 Å². The van der Waals surface area contributed by atoms with Gasteiger partial charge in [0.25, 0.3) is 0 Å². The molecule has 4 rings (SSSR count). The van der Waals surface area contributed by atoms with Crippen molar-refractivity contribution < 1.29 is 9.32 Å². The second-order valence-electron chi connectivity index (χ2n) is 8.98. The van der Waals surface area contributed by atoms with Crippen LogP contribution in [0.1, 0.15) is 44.6 Å². The van der Waals surface area contributed by atoms with Crippen molar-refractivity contribution in [1.82, 2.24) is 15.0 Å². The highest BCUT2D eigenvalue weighted by Crippen LogP contribution is 2.29. The molecule has 0 radical (unpaired) electrons. The van der Waals surface area contributed by atoms with Crippen LogP contribution in [0.2, 0.25) is 10.0 Å². The molecule has 0 bridgehead atoms. The summed E-state index contributed by atoms with van der Waals surface area (Å²) in [5.41, 5.74) is 3.04. The van der Waals surface area contributed by atoms with Crippen LogP contribution in [0, 0.1) is 12.8 Å². The first kappa shape index (κ1) is 24.6. The molecule has 0 aliphatic carbocycles. The van der Waals surface area contributed by atoms with E-state index in [0.29, 0.717) is 33.9 Å². The predicted molar refractivity (Wildman–Crippen MR) is 136 cm³/mol. The fourth-order valence-electron chi connectivity index (χ4n) is 4.32. The van der Waals surface area contributed by atoms with Gasteiger partial charge in [0.2, 0.25) is 17.6 Å². The van der Waals surface area contributed by atoms with Crippen LogP contribution in [-0.4, -0.2) is 40.1 Å². The molecule has 2 heterocycles. The standard InChI is InChI=1S/C26H30Cl2N4O2/c1-4-18(3)32(16-24-29-25(30-34-24)22-12-9-20(27)14-23(22)28)26(33)19-6-5-13-31(15-19)21-10-7-17(2)8-11-21/h7-12,14,18-19H,4-6,13,15-16H2,1-3H3/t18-,19-/m0/s1. The normalized spacial score (nSPS) is 17.0.